The van der Waals surface area contributed by atoms with Gasteiger partial charge in [-0.25, -0.2) is 9.78 Å². The van der Waals surface area contributed by atoms with Crippen molar-refractivity contribution in [3.63, 3.8) is 0 Å². The maximum Gasteiger partial charge on any atom is 0.410 e. The number of ether oxygens (including phenoxy) is 1. The second kappa shape index (κ2) is 11.2. The molecular weight excluding hydrogens is 487 g/mol. The molecule has 1 aromatic rings. The molecule has 1 aliphatic heterocycles. The van der Waals surface area contributed by atoms with Gasteiger partial charge in [0.05, 0.1) is 6.54 Å². The summed E-state index contributed by atoms with van der Waals surface area (Å²) >= 11 is 0. The molecular formula is C19H31IN6O3. The summed E-state index contributed by atoms with van der Waals surface area (Å²) in [5, 5.41) is 2.73. The number of pyridine rings is 1. The minimum absolute atomic E-state index is 0. The zero-order valence-electron chi connectivity index (χ0n) is 17.5. The van der Waals surface area contributed by atoms with Gasteiger partial charge in [-0.15, -0.1) is 24.0 Å². The largest absolute Gasteiger partial charge is 0.444 e. The first-order valence-electron chi connectivity index (χ1n) is 9.39. The lowest BCUT2D eigenvalue weighted by Gasteiger charge is -2.36. The van der Waals surface area contributed by atoms with Gasteiger partial charge in [0.25, 0.3) is 0 Å². The molecule has 1 aromatic heterocycles. The number of anilines is 1. The SMILES string of the molecule is Cc1ccc(NC(=O)CCN=C(N)N2CCN(C(=O)OC(C)(C)C)CC2)nc1.I. The van der Waals surface area contributed by atoms with Crippen molar-refractivity contribution in [1.82, 2.24) is 14.8 Å². The van der Waals surface area contributed by atoms with E-state index in [0.29, 0.717) is 38.0 Å². The Morgan fingerprint density at radius 1 is 1.21 bits per heavy atom. The third-order valence-electron chi connectivity index (χ3n) is 4.05. The van der Waals surface area contributed by atoms with Crippen LogP contribution >= 0.6 is 24.0 Å². The highest BCUT2D eigenvalue weighted by molar-refractivity contribution is 14.0. The first-order valence-corrected chi connectivity index (χ1v) is 9.39. The van der Waals surface area contributed by atoms with E-state index in [0.717, 1.165) is 5.56 Å². The van der Waals surface area contributed by atoms with Gasteiger partial charge < -0.3 is 25.6 Å². The summed E-state index contributed by atoms with van der Waals surface area (Å²) in [4.78, 5) is 36.0. The van der Waals surface area contributed by atoms with Crippen LogP contribution < -0.4 is 11.1 Å². The molecule has 2 amide bonds. The van der Waals surface area contributed by atoms with Crippen molar-refractivity contribution in [2.45, 2.75) is 39.7 Å². The molecule has 0 spiro atoms. The Balaban J connectivity index is 0.00000420. The maximum absolute atomic E-state index is 12.1. The average Bonchev–Trinajstić information content (AvgIpc) is 2.62. The van der Waals surface area contributed by atoms with Crippen LogP contribution in [0.15, 0.2) is 23.3 Å². The Kier molecular flexibility index (Phi) is 9.60. The van der Waals surface area contributed by atoms with Crippen LogP contribution in [0.4, 0.5) is 10.6 Å². The molecule has 9 nitrogen and oxygen atoms in total. The molecule has 0 radical (unpaired) electrons. The third-order valence-corrected chi connectivity index (χ3v) is 4.05. The molecule has 1 fully saturated rings. The molecule has 1 aliphatic rings. The van der Waals surface area contributed by atoms with E-state index in [2.05, 4.69) is 15.3 Å². The normalized spacial score (nSPS) is 14.8. The molecule has 2 heterocycles. The molecule has 10 heteroatoms. The number of piperazine rings is 1. The number of rotatable bonds is 4. The standard InChI is InChI=1S/C19H30N6O3.HI/c1-14-5-6-15(22-13-14)23-16(26)7-8-21-17(20)24-9-11-25(12-10-24)18(27)28-19(2,3)4;/h5-6,13H,7-12H2,1-4H3,(H2,20,21)(H,22,23,26);1H. The Hall–Kier alpha value is -2.11. The fourth-order valence-electron chi connectivity index (χ4n) is 2.56. The minimum atomic E-state index is -0.511. The number of aliphatic imine (C=N–C) groups is 1. The van der Waals surface area contributed by atoms with E-state index in [1.165, 1.54) is 0 Å². The summed E-state index contributed by atoms with van der Waals surface area (Å²) in [6.45, 7) is 9.95. The topological polar surface area (TPSA) is 113 Å². The van der Waals surface area contributed by atoms with Gasteiger partial charge in [-0.3, -0.25) is 9.79 Å². The Morgan fingerprint density at radius 2 is 1.83 bits per heavy atom. The molecule has 3 N–H and O–H groups in total. The number of guanidine groups is 1. The quantitative estimate of drug-likeness (QED) is 0.359. The van der Waals surface area contributed by atoms with Gasteiger partial charge in [0.2, 0.25) is 5.91 Å². The van der Waals surface area contributed by atoms with E-state index in [-0.39, 0.29) is 48.9 Å². The second-order valence-electron chi connectivity index (χ2n) is 7.71. The van der Waals surface area contributed by atoms with Crippen molar-refractivity contribution in [1.29, 1.82) is 0 Å². The average molecular weight is 518 g/mol. The van der Waals surface area contributed by atoms with Crippen molar-refractivity contribution in [2.75, 3.05) is 38.0 Å². The van der Waals surface area contributed by atoms with Crippen LogP contribution in [0.3, 0.4) is 0 Å². The van der Waals surface area contributed by atoms with Crippen molar-refractivity contribution in [3.05, 3.63) is 23.9 Å². The van der Waals surface area contributed by atoms with Gasteiger partial charge in [-0.05, 0) is 39.3 Å². The molecule has 0 unspecified atom stereocenters. The van der Waals surface area contributed by atoms with Crippen LogP contribution in [-0.2, 0) is 9.53 Å². The van der Waals surface area contributed by atoms with Gasteiger partial charge in [0, 0.05) is 38.8 Å². The monoisotopic (exact) mass is 518 g/mol. The van der Waals surface area contributed by atoms with Gasteiger partial charge >= 0.3 is 6.09 Å². The molecule has 162 valence electrons. The first-order chi connectivity index (χ1) is 13.1. The van der Waals surface area contributed by atoms with Crippen LogP contribution in [0.5, 0.6) is 0 Å². The second-order valence-corrected chi connectivity index (χ2v) is 7.71. The third kappa shape index (κ3) is 8.84. The Morgan fingerprint density at radius 3 is 2.38 bits per heavy atom. The van der Waals surface area contributed by atoms with Crippen LogP contribution in [0.2, 0.25) is 0 Å². The van der Waals surface area contributed by atoms with Crippen molar-refractivity contribution >= 4 is 47.8 Å². The highest BCUT2D eigenvalue weighted by atomic mass is 127. The molecule has 0 atom stereocenters. The number of aromatic nitrogens is 1. The summed E-state index contributed by atoms with van der Waals surface area (Å²) < 4.78 is 5.38. The molecule has 0 aliphatic carbocycles. The highest BCUT2D eigenvalue weighted by Crippen LogP contribution is 2.12. The number of hydrogen-bond donors (Lipinski definition) is 2. The number of halogens is 1. The maximum atomic E-state index is 12.1. The lowest BCUT2D eigenvalue weighted by atomic mass is 10.2. The lowest BCUT2D eigenvalue weighted by molar-refractivity contribution is -0.116. The van der Waals surface area contributed by atoms with Gasteiger partial charge in [0.15, 0.2) is 5.96 Å². The summed E-state index contributed by atoms with van der Waals surface area (Å²) in [5.74, 6) is 0.735. The van der Waals surface area contributed by atoms with E-state index in [9.17, 15) is 9.59 Å². The van der Waals surface area contributed by atoms with E-state index in [4.69, 9.17) is 10.5 Å². The fraction of sp³-hybridized carbons (Fsp3) is 0.579. The van der Waals surface area contributed by atoms with E-state index in [1.807, 2.05) is 38.7 Å². The molecule has 29 heavy (non-hydrogen) atoms. The zero-order valence-corrected chi connectivity index (χ0v) is 19.8. The van der Waals surface area contributed by atoms with E-state index < -0.39 is 5.60 Å². The number of aryl methyl sites for hydroxylation is 1. The number of amides is 2. The first kappa shape index (κ1) is 24.9. The lowest BCUT2D eigenvalue weighted by Crippen LogP contribution is -2.53. The molecule has 0 bridgehead atoms. The number of nitrogens with two attached hydrogens (primary N) is 1. The smallest absolute Gasteiger partial charge is 0.410 e. The van der Waals surface area contributed by atoms with Crippen molar-refractivity contribution in [3.8, 4) is 0 Å². The summed E-state index contributed by atoms with van der Waals surface area (Å²) in [6, 6.07) is 3.64. The summed E-state index contributed by atoms with van der Waals surface area (Å²) in [5.41, 5.74) is 6.54. The van der Waals surface area contributed by atoms with Gasteiger partial charge in [0.1, 0.15) is 11.4 Å². The Bertz CT molecular complexity index is 710. The predicted octanol–water partition coefficient (Wildman–Crippen LogP) is 2.20. The van der Waals surface area contributed by atoms with Crippen LogP contribution in [0, 0.1) is 6.92 Å². The minimum Gasteiger partial charge on any atom is -0.444 e. The number of hydrogen-bond acceptors (Lipinski definition) is 5. The number of carbonyl (C=O) groups is 2. The van der Waals surface area contributed by atoms with E-state index >= 15 is 0 Å². The van der Waals surface area contributed by atoms with Gasteiger partial charge in [-0.1, -0.05) is 6.07 Å². The zero-order chi connectivity index (χ0) is 20.7. The number of nitrogens with one attached hydrogen (secondary N) is 1. The summed E-state index contributed by atoms with van der Waals surface area (Å²) in [7, 11) is 0. The van der Waals surface area contributed by atoms with Crippen LogP contribution in [-0.4, -0.2) is 71.1 Å². The molecule has 0 aromatic carbocycles. The van der Waals surface area contributed by atoms with Crippen molar-refractivity contribution < 1.29 is 14.3 Å². The van der Waals surface area contributed by atoms with Gasteiger partial charge in [-0.2, -0.15) is 0 Å². The number of carbonyl (C=O) groups excluding carboxylic acids is 2. The van der Waals surface area contributed by atoms with Crippen LogP contribution in [0.1, 0.15) is 32.8 Å². The summed E-state index contributed by atoms with van der Waals surface area (Å²) in [6.07, 6.45) is 1.60. The fourth-order valence-corrected chi connectivity index (χ4v) is 2.56. The van der Waals surface area contributed by atoms with Crippen molar-refractivity contribution in [2.24, 2.45) is 10.7 Å². The molecule has 0 saturated carbocycles. The number of nitrogens with zero attached hydrogens (tertiary/aromatic N) is 4. The highest BCUT2D eigenvalue weighted by Gasteiger charge is 2.26. The van der Waals surface area contributed by atoms with Crippen LogP contribution in [0.25, 0.3) is 0 Å². The Labute approximate surface area is 189 Å². The van der Waals surface area contributed by atoms with E-state index in [1.54, 1.807) is 17.2 Å². The molecule has 1 saturated heterocycles. The molecule has 2 rings (SSSR count). The predicted molar refractivity (Wildman–Crippen MR) is 124 cm³/mol.